The summed E-state index contributed by atoms with van der Waals surface area (Å²) in [6, 6.07) is 8.51. The van der Waals surface area contributed by atoms with E-state index in [9.17, 15) is 0 Å². The van der Waals surface area contributed by atoms with Gasteiger partial charge in [0.25, 0.3) is 0 Å². The predicted octanol–water partition coefficient (Wildman–Crippen LogP) is 3.50. The summed E-state index contributed by atoms with van der Waals surface area (Å²) in [6.07, 6.45) is 3.93. The summed E-state index contributed by atoms with van der Waals surface area (Å²) < 4.78 is 8.89. The number of nitrogens with one attached hydrogen (secondary N) is 1. The number of nitrogens with zero attached hydrogens (tertiary/aromatic N) is 4. The van der Waals surface area contributed by atoms with Crippen LogP contribution in [0.15, 0.2) is 46.1 Å². The van der Waals surface area contributed by atoms with E-state index >= 15 is 0 Å². The molecular formula is C21H30BrN5O. The van der Waals surface area contributed by atoms with Crippen LogP contribution in [-0.4, -0.2) is 53.4 Å². The van der Waals surface area contributed by atoms with Crippen LogP contribution in [0.2, 0.25) is 0 Å². The topological polar surface area (TPSA) is 54.7 Å². The number of guanidine groups is 1. The van der Waals surface area contributed by atoms with Gasteiger partial charge in [0.1, 0.15) is 6.10 Å². The molecule has 2 heterocycles. The molecule has 1 aliphatic heterocycles. The fourth-order valence-electron chi connectivity index (χ4n) is 3.34. The van der Waals surface area contributed by atoms with Gasteiger partial charge in [-0.05, 0) is 24.6 Å². The normalized spacial score (nSPS) is 18.4. The largest absolute Gasteiger partial charge is 0.370 e. The van der Waals surface area contributed by atoms with Crippen LogP contribution < -0.4 is 5.32 Å². The third-order valence-electron chi connectivity index (χ3n) is 5.05. The van der Waals surface area contributed by atoms with Gasteiger partial charge in [-0.2, -0.15) is 5.10 Å². The quantitative estimate of drug-likeness (QED) is 0.562. The van der Waals surface area contributed by atoms with Crippen LogP contribution in [0.1, 0.15) is 38.0 Å². The number of rotatable bonds is 5. The molecule has 28 heavy (non-hydrogen) atoms. The Morgan fingerprint density at radius 3 is 2.75 bits per heavy atom. The van der Waals surface area contributed by atoms with E-state index in [0.29, 0.717) is 13.2 Å². The van der Waals surface area contributed by atoms with E-state index in [1.165, 1.54) is 5.56 Å². The Hall–Kier alpha value is -1.86. The average Bonchev–Trinajstić information content (AvgIpc) is 3.12. The van der Waals surface area contributed by atoms with Gasteiger partial charge in [0.05, 0.1) is 25.9 Å². The first-order valence-corrected chi connectivity index (χ1v) is 10.6. The average molecular weight is 448 g/mol. The van der Waals surface area contributed by atoms with E-state index in [1.807, 2.05) is 24.1 Å². The minimum atomic E-state index is -0.0452. The second-order valence-electron chi connectivity index (χ2n) is 7.81. The monoisotopic (exact) mass is 447 g/mol. The number of hydrogen-bond acceptors (Lipinski definition) is 3. The first kappa shape index (κ1) is 20.9. The first-order valence-electron chi connectivity index (χ1n) is 9.78. The van der Waals surface area contributed by atoms with Gasteiger partial charge in [-0.25, -0.2) is 0 Å². The lowest BCUT2D eigenvalue weighted by Gasteiger charge is -2.35. The Balaban J connectivity index is 1.73. The molecule has 1 saturated heterocycles. The molecule has 1 aromatic heterocycles. The van der Waals surface area contributed by atoms with Crippen LogP contribution in [0.25, 0.3) is 0 Å². The number of aromatic nitrogens is 2. The van der Waals surface area contributed by atoms with Gasteiger partial charge >= 0.3 is 0 Å². The number of halogens is 1. The summed E-state index contributed by atoms with van der Waals surface area (Å²) in [4.78, 5) is 7.28. The summed E-state index contributed by atoms with van der Waals surface area (Å²) in [7, 11) is 1.93. The molecule has 0 spiro atoms. The van der Waals surface area contributed by atoms with Gasteiger partial charge in [-0.1, -0.05) is 41.9 Å². The lowest BCUT2D eigenvalue weighted by Crippen LogP contribution is -2.48. The van der Waals surface area contributed by atoms with Crippen LogP contribution in [0.3, 0.4) is 0 Å². The molecule has 1 unspecified atom stereocenters. The highest BCUT2D eigenvalue weighted by Gasteiger charge is 2.26. The smallest absolute Gasteiger partial charge is 0.194 e. The van der Waals surface area contributed by atoms with Crippen molar-refractivity contribution in [2.24, 2.45) is 12.0 Å². The van der Waals surface area contributed by atoms with E-state index < -0.39 is 0 Å². The Morgan fingerprint density at radius 1 is 1.36 bits per heavy atom. The molecule has 6 nitrogen and oxygen atoms in total. The SMILES string of the molecule is CCNC(=NCC(C)(C)c1ccc(Br)cc1)N1CCOC(c2cnn(C)c2)C1. The van der Waals surface area contributed by atoms with E-state index in [1.54, 1.807) is 0 Å². The summed E-state index contributed by atoms with van der Waals surface area (Å²) >= 11 is 3.51. The summed E-state index contributed by atoms with van der Waals surface area (Å²) in [5, 5.41) is 7.73. The van der Waals surface area contributed by atoms with Crippen molar-refractivity contribution in [2.45, 2.75) is 32.3 Å². The van der Waals surface area contributed by atoms with Crippen molar-refractivity contribution in [1.29, 1.82) is 0 Å². The molecule has 2 aromatic rings. The molecule has 0 bridgehead atoms. The molecular weight excluding hydrogens is 418 g/mol. The Morgan fingerprint density at radius 2 is 2.11 bits per heavy atom. The number of benzene rings is 1. The highest BCUT2D eigenvalue weighted by molar-refractivity contribution is 9.10. The first-order chi connectivity index (χ1) is 13.4. The van der Waals surface area contributed by atoms with Crippen molar-refractivity contribution in [3.63, 3.8) is 0 Å². The van der Waals surface area contributed by atoms with E-state index in [2.05, 4.69) is 76.3 Å². The molecule has 1 fully saturated rings. The lowest BCUT2D eigenvalue weighted by atomic mass is 9.85. The van der Waals surface area contributed by atoms with E-state index in [-0.39, 0.29) is 11.5 Å². The Labute approximate surface area is 176 Å². The minimum absolute atomic E-state index is 0.0192. The number of hydrogen-bond donors (Lipinski definition) is 1. The molecule has 0 amide bonds. The molecule has 152 valence electrons. The Kier molecular flexibility index (Phi) is 6.78. The van der Waals surface area contributed by atoms with Crippen molar-refractivity contribution in [3.05, 3.63) is 52.3 Å². The Bertz CT molecular complexity index is 799. The zero-order valence-electron chi connectivity index (χ0n) is 17.2. The van der Waals surface area contributed by atoms with Crippen LogP contribution in [0.5, 0.6) is 0 Å². The van der Waals surface area contributed by atoms with Gasteiger partial charge in [0.15, 0.2) is 5.96 Å². The van der Waals surface area contributed by atoms with E-state index in [4.69, 9.17) is 9.73 Å². The summed E-state index contributed by atoms with van der Waals surface area (Å²) in [5.41, 5.74) is 2.35. The number of ether oxygens (including phenoxy) is 1. The fraction of sp³-hybridized carbons (Fsp3) is 0.524. The molecule has 1 atom stereocenters. The van der Waals surface area contributed by atoms with Gasteiger partial charge < -0.3 is 15.0 Å². The van der Waals surface area contributed by atoms with Crippen LogP contribution in [-0.2, 0) is 17.2 Å². The molecule has 1 N–H and O–H groups in total. The maximum absolute atomic E-state index is 5.98. The second kappa shape index (κ2) is 9.09. The molecule has 0 saturated carbocycles. The molecule has 0 aliphatic carbocycles. The van der Waals surface area contributed by atoms with Gasteiger partial charge in [0.2, 0.25) is 0 Å². The van der Waals surface area contributed by atoms with Crippen LogP contribution in [0, 0.1) is 0 Å². The zero-order valence-corrected chi connectivity index (χ0v) is 18.7. The third kappa shape index (κ3) is 5.14. The van der Waals surface area contributed by atoms with Crippen LogP contribution in [0.4, 0.5) is 0 Å². The molecule has 0 radical (unpaired) electrons. The summed E-state index contributed by atoms with van der Waals surface area (Å²) in [5.74, 6) is 0.949. The zero-order chi connectivity index (χ0) is 20.1. The van der Waals surface area contributed by atoms with Crippen molar-refractivity contribution in [2.75, 3.05) is 32.8 Å². The van der Waals surface area contributed by atoms with Gasteiger partial charge in [-0.15, -0.1) is 0 Å². The number of morpholine rings is 1. The second-order valence-corrected chi connectivity index (χ2v) is 8.73. The minimum Gasteiger partial charge on any atom is -0.370 e. The fourth-order valence-corrected chi connectivity index (χ4v) is 3.60. The maximum atomic E-state index is 5.98. The summed E-state index contributed by atoms with van der Waals surface area (Å²) in [6.45, 7) is 10.4. The van der Waals surface area contributed by atoms with Crippen molar-refractivity contribution in [3.8, 4) is 0 Å². The lowest BCUT2D eigenvalue weighted by molar-refractivity contribution is -0.00806. The maximum Gasteiger partial charge on any atom is 0.194 e. The molecule has 1 aliphatic rings. The van der Waals surface area contributed by atoms with Crippen molar-refractivity contribution in [1.82, 2.24) is 20.0 Å². The standard InChI is InChI=1S/C21H30BrN5O/c1-5-23-20(24-15-21(2,3)17-6-8-18(22)9-7-17)27-10-11-28-19(14-27)16-12-25-26(4)13-16/h6-9,12-13,19H,5,10-11,14-15H2,1-4H3,(H,23,24). The van der Waals surface area contributed by atoms with Crippen LogP contribution >= 0.6 is 15.9 Å². The highest BCUT2D eigenvalue weighted by atomic mass is 79.9. The van der Waals surface area contributed by atoms with Crippen molar-refractivity contribution >= 4 is 21.9 Å². The number of aryl methyl sites for hydroxylation is 1. The van der Waals surface area contributed by atoms with Gasteiger partial charge in [0, 0.05) is 41.8 Å². The third-order valence-corrected chi connectivity index (χ3v) is 5.58. The molecule has 1 aromatic carbocycles. The van der Waals surface area contributed by atoms with Gasteiger partial charge in [-0.3, -0.25) is 9.67 Å². The predicted molar refractivity (Wildman–Crippen MR) is 117 cm³/mol. The molecule has 7 heteroatoms. The molecule has 3 rings (SSSR count). The highest BCUT2D eigenvalue weighted by Crippen LogP contribution is 2.26. The van der Waals surface area contributed by atoms with E-state index in [0.717, 1.165) is 35.6 Å². The number of aliphatic imine (C=N–C) groups is 1. The van der Waals surface area contributed by atoms with Crippen molar-refractivity contribution < 1.29 is 4.74 Å².